The molecule has 1 saturated heterocycles. The van der Waals surface area contributed by atoms with Gasteiger partial charge in [-0.1, -0.05) is 6.07 Å². The van der Waals surface area contributed by atoms with Gasteiger partial charge in [-0.05, 0) is 78.2 Å². The van der Waals surface area contributed by atoms with Gasteiger partial charge in [0.2, 0.25) is 0 Å². The Hall–Kier alpha value is -2.03. The fourth-order valence-electron chi connectivity index (χ4n) is 4.43. The smallest absolute Gasteiger partial charge is 0.151 e. The number of aromatic amines is 1. The highest BCUT2D eigenvalue weighted by atomic mass is 127. The van der Waals surface area contributed by atoms with Gasteiger partial charge in [-0.15, -0.1) is 10.2 Å². The van der Waals surface area contributed by atoms with Crippen LogP contribution in [0.5, 0.6) is 0 Å². The van der Waals surface area contributed by atoms with Gasteiger partial charge in [0.15, 0.2) is 5.82 Å². The Morgan fingerprint density at radius 1 is 1.16 bits per heavy atom. The molecule has 1 fully saturated rings. The molecule has 7 nitrogen and oxygen atoms in total. The van der Waals surface area contributed by atoms with E-state index in [-0.39, 0.29) is 0 Å². The summed E-state index contributed by atoms with van der Waals surface area (Å²) < 4.78 is 1.96. The highest BCUT2D eigenvalue weighted by Gasteiger charge is 2.23. The van der Waals surface area contributed by atoms with Crippen LogP contribution in [0.2, 0.25) is 0 Å². The zero-order valence-electron chi connectivity index (χ0n) is 17.5. The molecule has 3 atom stereocenters. The quantitative estimate of drug-likeness (QED) is 0.277. The van der Waals surface area contributed by atoms with Gasteiger partial charge in [0.1, 0.15) is 0 Å². The highest BCUT2D eigenvalue weighted by Crippen LogP contribution is 2.35. The summed E-state index contributed by atoms with van der Waals surface area (Å²) in [6, 6.07) is 11.6. The summed E-state index contributed by atoms with van der Waals surface area (Å²) in [7, 11) is 2.13. The number of benzene rings is 1. The normalized spacial score (nSPS) is 19.5. The van der Waals surface area contributed by atoms with Gasteiger partial charge in [0, 0.05) is 48.0 Å². The van der Waals surface area contributed by atoms with Crippen molar-refractivity contribution in [3.05, 3.63) is 48.9 Å². The largest absolute Gasteiger partial charge is 0.361 e. The van der Waals surface area contributed by atoms with Crippen LogP contribution in [0.1, 0.15) is 19.8 Å². The number of rotatable bonds is 5. The predicted molar refractivity (Wildman–Crippen MR) is 137 cm³/mol. The SMILES string of the molecule is CC1CC(N(C)c2ccc(-c3ccc(-c4cnn(PI)c4)c4cc[nH]c34)nn2)CCN1. The molecule has 0 saturated carbocycles. The molecule has 2 N–H and O–H groups in total. The minimum atomic E-state index is 0.495. The van der Waals surface area contributed by atoms with Crippen LogP contribution in [0.3, 0.4) is 0 Å². The third kappa shape index (κ3) is 4.08. The molecular weight excluding hydrogens is 520 g/mol. The summed E-state index contributed by atoms with van der Waals surface area (Å²) in [5, 5.41) is 18.3. The van der Waals surface area contributed by atoms with Gasteiger partial charge >= 0.3 is 0 Å². The number of anilines is 1. The molecule has 0 bridgehead atoms. The number of H-pyrrole nitrogens is 1. The van der Waals surface area contributed by atoms with E-state index in [0.717, 1.165) is 47.5 Å². The molecule has 0 aliphatic carbocycles. The van der Waals surface area contributed by atoms with Crippen molar-refractivity contribution in [3.63, 3.8) is 0 Å². The van der Waals surface area contributed by atoms with E-state index in [1.54, 1.807) is 0 Å². The van der Waals surface area contributed by atoms with Crippen LogP contribution in [-0.2, 0) is 0 Å². The summed E-state index contributed by atoms with van der Waals surface area (Å²) >= 11 is 2.34. The van der Waals surface area contributed by atoms with Crippen molar-refractivity contribution in [1.29, 1.82) is 0 Å². The maximum Gasteiger partial charge on any atom is 0.151 e. The Morgan fingerprint density at radius 2 is 2.03 bits per heavy atom. The second kappa shape index (κ2) is 8.84. The van der Waals surface area contributed by atoms with E-state index < -0.39 is 0 Å². The lowest BCUT2D eigenvalue weighted by Gasteiger charge is -2.35. The van der Waals surface area contributed by atoms with Crippen molar-refractivity contribution in [2.24, 2.45) is 0 Å². The summed E-state index contributed by atoms with van der Waals surface area (Å²) in [4.78, 5) is 5.67. The van der Waals surface area contributed by atoms with Crippen LogP contribution in [0.15, 0.2) is 48.9 Å². The molecule has 0 spiro atoms. The molecule has 0 radical (unpaired) electrons. The van der Waals surface area contributed by atoms with Crippen LogP contribution in [-0.4, -0.2) is 50.4 Å². The predicted octanol–water partition coefficient (Wildman–Crippen LogP) is 4.86. The lowest BCUT2D eigenvalue weighted by molar-refractivity contribution is 0.370. The average molecular weight is 545 g/mol. The first-order valence-corrected chi connectivity index (χ1v) is 14.5. The monoisotopic (exact) mass is 545 g/mol. The number of aromatic nitrogens is 5. The Balaban J connectivity index is 1.45. The second-order valence-electron chi connectivity index (χ2n) is 8.11. The van der Waals surface area contributed by atoms with E-state index >= 15 is 0 Å². The number of halogens is 1. The first-order valence-electron chi connectivity index (χ1n) is 10.5. The number of fused-ring (bicyclic) bond motifs is 1. The average Bonchev–Trinajstić information content (AvgIpc) is 3.48. The van der Waals surface area contributed by atoms with E-state index in [0.29, 0.717) is 18.5 Å². The van der Waals surface area contributed by atoms with Crippen molar-refractivity contribution < 1.29 is 0 Å². The fourth-order valence-corrected chi connectivity index (χ4v) is 5.51. The van der Waals surface area contributed by atoms with E-state index in [1.165, 1.54) is 10.9 Å². The molecule has 1 aliphatic heterocycles. The molecule has 3 aromatic heterocycles. The molecule has 9 heteroatoms. The van der Waals surface area contributed by atoms with Crippen LogP contribution in [0, 0.1) is 0 Å². The molecule has 1 aliphatic rings. The maximum atomic E-state index is 4.59. The van der Waals surface area contributed by atoms with E-state index in [9.17, 15) is 0 Å². The van der Waals surface area contributed by atoms with E-state index in [1.807, 2.05) is 16.8 Å². The number of nitrogens with one attached hydrogen (secondary N) is 2. The Morgan fingerprint density at radius 3 is 2.77 bits per heavy atom. The van der Waals surface area contributed by atoms with Gasteiger partial charge in [0.05, 0.1) is 23.8 Å². The first kappa shape index (κ1) is 20.8. The van der Waals surface area contributed by atoms with Crippen molar-refractivity contribution in [1.82, 2.24) is 30.0 Å². The van der Waals surface area contributed by atoms with Gasteiger partial charge in [-0.2, -0.15) is 5.10 Å². The molecular formula is C22H25IN7P. The van der Waals surface area contributed by atoms with Crippen molar-refractivity contribution in [3.8, 4) is 22.4 Å². The Kier molecular flexibility index (Phi) is 5.95. The second-order valence-corrected chi connectivity index (χ2v) is 10.2. The third-order valence-electron chi connectivity index (χ3n) is 6.13. The van der Waals surface area contributed by atoms with Crippen molar-refractivity contribution >= 4 is 45.1 Å². The summed E-state index contributed by atoms with van der Waals surface area (Å²) in [6.45, 7) is 3.29. The molecule has 4 aromatic rings. The number of piperidine rings is 1. The zero-order chi connectivity index (χ0) is 21.4. The highest BCUT2D eigenvalue weighted by molar-refractivity contribution is 14.2. The van der Waals surface area contributed by atoms with Crippen LogP contribution in [0.4, 0.5) is 5.82 Å². The molecule has 31 heavy (non-hydrogen) atoms. The molecule has 3 unspecified atom stereocenters. The fraction of sp³-hybridized carbons (Fsp3) is 0.318. The summed E-state index contributed by atoms with van der Waals surface area (Å²) in [5.41, 5.74) is 5.30. The van der Waals surface area contributed by atoms with Gasteiger partial charge < -0.3 is 15.2 Å². The van der Waals surface area contributed by atoms with Gasteiger partial charge in [-0.25, -0.2) is 4.45 Å². The first-order chi connectivity index (χ1) is 15.1. The lowest BCUT2D eigenvalue weighted by atomic mass is 9.99. The van der Waals surface area contributed by atoms with Gasteiger partial charge in [-0.3, -0.25) is 0 Å². The zero-order valence-corrected chi connectivity index (χ0v) is 20.7. The van der Waals surface area contributed by atoms with Crippen molar-refractivity contribution in [2.75, 3.05) is 18.5 Å². The van der Waals surface area contributed by atoms with Crippen LogP contribution < -0.4 is 10.2 Å². The third-order valence-corrected chi connectivity index (χ3v) is 8.04. The minimum Gasteiger partial charge on any atom is -0.361 e. The molecule has 5 rings (SSSR count). The van der Waals surface area contributed by atoms with E-state index in [2.05, 4.69) is 103 Å². The molecule has 160 valence electrons. The minimum absolute atomic E-state index is 0.495. The Bertz CT molecular complexity index is 1190. The van der Waals surface area contributed by atoms with Crippen LogP contribution >= 0.6 is 28.4 Å². The molecule has 1 aromatic carbocycles. The maximum absolute atomic E-state index is 4.59. The topological polar surface area (TPSA) is 74.7 Å². The number of nitrogens with zero attached hydrogens (tertiary/aromatic N) is 5. The number of hydrogen-bond acceptors (Lipinski definition) is 5. The van der Waals surface area contributed by atoms with Crippen LogP contribution in [0.25, 0.3) is 33.3 Å². The summed E-state index contributed by atoms with van der Waals surface area (Å²) in [6.07, 6.45) is 8.85. The Labute approximate surface area is 196 Å². The summed E-state index contributed by atoms with van der Waals surface area (Å²) in [5.74, 6) is 0.925. The van der Waals surface area contributed by atoms with Gasteiger partial charge in [0.25, 0.3) is 0 Å². The molecule has 0 amide bonds. The van der Waals surface area contributed by atoms with E-state index in [4.69, 9.17) is 0 Å². The number of hydrogen-bond donors (Lipinski definition) is 2. The molecule has 4 heterocycles. The standard InChI is InChI=1S/C22H25IN7P/c1-14-11-16(7-9-24-14)29(2)21-6-5-20(27-28-21)19-4-3-17(18-8-10-25-22(18)19)15-12-26-30(13-15)31-23/h3-6,8,10,12-14,16,24-25,31H,7,9,11H2,1-2H3. The lowest BCUT2D eigenvalue weighted by Crippen LogP contribution is -2.45. The van der Waals surface area contributed by atoms with Crippen molar-refractivity contribution in [2.45, 2.75) is 31.8 Å².